The Morgan fingerprint density at radius 3 is 2.51 bits per heavy atom. The van der Waals surface area contributed by atoms with E-state index in [1.165, 1.54) is 5.56 Å². The highest BCUT2D eigenvalue weighted by Gasteiger charge is 2.18. The second-order valence-corrected chi connectivity index (χ2v) is 8.83. The average molecular weight is 489 g/mol. The minimum atomic E-state index is -0.153. The van der Waals surface area contributed by atoms with Gasteiger partial charge in [-0.3, -0.25) is 14.2 Å². The number of hydrogen-bond acceptors (Lipinski definition) is 5. The maximum absolute atomic E-state index is 12.8. The first-order chi connectivity index (χ1) is 17.1. The molecule has 0 atom stereocenters. The van der Waals surface area contributed by atoms with Crippen LogP contribution in [0.3, 0.4) is 0 Å². The van der Waals surface area contributed by atoms with Crippen molar-refractivity contribution >= 4 is 17.2 Å². The van der Waals surface area contributed by atoms with Crippen LogP contribution in [-0.4, -0.2) is 31.2 Å². The number of para-hydroxylation sites is 1. The van der Waals surface area contributed by atoms with Crippen molar-refractivity contribution in [2.24, 2.45) is 0 Å². The summed E-state index contributed by atoms with van der Waals surface area (Å²) in [5.74, 6) is 0.880. The zero-order chi connectivity index (χ0) is 24.6. The summed E-state index contributed by atoms with van der Waals surface area (Å²) in [5.41, 5.74) is 3.89. The Bertz CT molecular complexity index is 1340. The Morgan fingerprint density at radius 1 is 0.943 bits per heavy atom. The number of methoxy groups -OCH3 is 2. The molecule has 1 N–H and O–H groups in total. The van der Waals surface area contributed by atoms with Crippen molar-refractivity contribution in [2.75, 3.05) is 20.8 Å². The molecule has 0 radical (unpaired) electrons. The van der Waals surface area contributed by atoms with Crippen LogP contribution in [0.2, 0.25) is 0 Å². The zero-order valence-corrected chi connectivity index (χ0v) is 20.6. The molecule has 35 heavy (non-hydrogen) atoms. The van der Waals surface area contributed by atoms with Crippen molar-refractivity contribution in [2.45, 2.75) is 19.3 Å². The number of benzene rings is 3. The van der Waals surface area contributed by atoms with Gasteiger partial charge in [-0.2, -0.15) is 0 Å². The van der Waals surface area contributed by atoms with Crippen LogP contribution in [0.4, 0.5) is 0 Å². The molecular weight excluding hydrogens is 460 g/mol. The Morgan fingerprint density at radius 2 is 1.74 bits per heavy atom. The number of nitrogens with one attached hydrogen (secondary N) is 1. The van der Waals surface area contributed by atoms with Crippen molar-refractivity contribution < 1.29 is 14.3 Å². The van der Waals surface area contributed by atoms with Gasteiger partial charge in [-0.15, -0.1) is 0 Å². The van der Waals surface area contributed by atoms with E-state index in [9.17, 15) is 9.59 Å². The first-order valence-electron chi connectivity index (χ1n) is 11.5. The molecule has 4 aromatic rings. The van der Waals surface area contributed by atoms with Crippen LogP contribution in [0.15, 0.2) is 83.0 Å². The van der Waals surface area contributed by atoms with E-state index in [0.29, 0.717) is 35.0 Å². The molecule has 0 aliphatic carbocycles. The molecule has 0 unspecified atom stereocenters. The van der Waals surface area contributed by atoms with Gasteiger partial charge in [-0.05, 0) is 49.1 Å². The molecule has 0 aliphatic heterocycles. The third-order valence-corrected chi connectivity index (χ3v) is 6.48. The Kier molecular flexibility index (Phi) is 8.00. The van der Waals surface area contributed by atoms with Gasteiger partial charge in [0.1, 0.15) is 0 Å². The van der Waals surface area contributed by atoms with Crippen LogP contribution in [0.25, 0.3) is 16.9 Å². The van der Waals surface area contributed by atoms with Crippen LogP contribution < -0.4 is 19.7 Å². The highest BCUT2D eigenvalue weighted by molar-refractivity contribution is 7.07. The largest absolute Gasteiger partial charge is 0.493 e. The lowest BCUT2D eigenvalue weighted by Gasteiger charge is -2.15. The van der Waals surface area contributed by atoms with Crippen LogP contribution in [0, 0.1) is 0 Å². The lowest BCUT2D eigenvalue weighted by atomic mass is 10.1. The van der Waals surface area contributed by atoms with Gasteiger partial charge in [0.2, 0.25) is 0 Å². The van der Waals surface area contributed by atoms with E-state index in [-0.39, 0.29) is 10.8 Å². The summed E-state index contributed by atoms with van der Waals surface area (Å²) in [7, 11) is 3.10. The number of unbranched alkanes of at least 4 members (excludes halogenated alkanes) is 1. The predicted molar refractivity (Wildman–Crippen MR) is 140 cm³/mol. The highest BCUT2D eigenvalue weighted by atomic mass is 32.1. The minimum Gasteiger partial charge on any atom is -0.493 e. The fourth-order valence-electron chi connectivity index (χ4n) is 4.00. The van der Waals surface area contributed by atoms with Gasteiger partial charge >= 0.3 is 4.87 Å². The molecular formula is C28H28N2O4S. The van der Waals surface area contributed by atoms with Gasteiger partial charge in [-0.25, -0.2) is 0 Å². The smallest absolute Gasteiger partial charge is 0.312 e. The van der Waals surface area contributed by atoms with E-state index in [1.807, 2.05) is 48.5 Å². The number of carbonyl (C=O) groups excluding carboxylic acids is 1. The van der Waals surface area contributed by atoms with Crippen LogP contribution in [-0.2, 0) is 6.42 Å². The van der Waals surface area contributed by atoms with E-state index >= 15 is 0 Å². The van der Waals surface area contributed by atoms with Crippen molar-refractivity contribution in [3.63, 3.8) is 0 Å². The standard InChI is InChI=1S/C28H28N2O4S/c1-33-25-16-9-15-23(26(25)34-2)30-24(19-35-28(30)32)21-13-8-14-22(18-21)27(31)29-17-7-6-12-20-10-4-3-5-11-20/h3-5,8-11,13-16,18-19H,6-7,12,17H2,1-2H3,(H,29,31). The number of rotatable bonds is 10. The first-order valence-corrected chi connectivity index (χ1v) is 12.3. The van der Waals surface area contributed by atoms with Gasteiger partial charge in [0.15, 0.2) is 11.5 Å². The molecule has 1 amide bonds. The molecule has 0 fully saturated rings. The number of hydrogen-bond donors (Lipinski definition) is 1. The normalized spacial score (nSPS) is 10.7. The fraction of sp³-hybridized carbons (Fsp3) is 0.214. The van der Waals surface area contributed by atoms with Gasteiger partial charge in [0.25, 0.3) is 5.91 Å². The predicted octanol–water partition coefficient (Wildman–Crippen LogP) is 5.34. The molecule has 6 nitrogen and oxygen atoms in total. The summed E-state index contributed by atoms with van der Waals surface area (Å²) in [6.07, 6.45) is 2.91. The molecule has 180 valence electrons. The molecule has 0 aliphatic rings. The summed E-state index contributed by atoms with van der Waals surface area (Å²) in [6.45, 7) is 0.611. The quantitative estimate of drug-likeness (QED) is 0.306. The van der Waals surface area contributed by atoms with Gasteiger partial charge in [0.05, 0.1) is 25.6 Å². The molecule has 1 heterocycles. The topological polar surface area (TPSA) is 69.6 Å². The van der Waals surface area contributed by atoms with Crippen LogP contribution in [0.1, 0.15) is 28.8 Å². The average Bonchev–Trinajstić information content (AvgIpc) is 3.29. The van der Waals surface area contributed by atoms with E-state index < -0.39 is 0 Å². The number of aromatic nitrogens is 1. The van der Waals surface area contributed by atoms with Crippen molar-refractivity contribution in [1.29, 1.82) is 0 Å². The lowest BCUT2D eigenvalue weighted by molar-refractivity contribution is 0.0953. The number of thiazole rings is 1. The van der Waals surface area contributed by atoms with Crippen molar-refractivity contribution in [3.05, 3.63) is 99.0 Å². The van der Waals surface area contributed by atoms with Crippen molar-refractivity contribution in [1.82, 2.24) is 9.88 Å². The Hall–Kier alpha value is -3.84. The monoisotopic (exact) mass is 488 g/mol. The van der Waals surface area contributed by atoms with Gasteiger partial charge in [-0.1, -0.05) is 59.9 Å². The molecule has 7 heteroatoms. The molecule has 1 aromatic heterocycles. The lowest BCUT2D eigenvalue weighted by Crippen LogP contribution is -2.24. The molecule has 3 aromatic carbocycles. The van der Waals surface area contributed by atoms with Gasteiger partial charge in [0, 0.05) is 23.1 Å². The number of aryl methyl sites for hydroxylation is 1. The summed E-state index contributed by atoms with van der Waals surface area (Å²) in [5, 5.41) is 4.80. The summed E-state index contributed by atoms with van der Waals surface area (Å²) in [6, 6.07) is 23.1. The van der Waals surface area contributed by atoms with E-state index in [0.717, 1.165) is 36.2 Å². The minimum absolute atomic E-state index is 0.130. The second kappa shape index (κ2) is 11.5. The van der Waals surface area contributed by atoms with E-state index in [1.54, 1.807) is 36.3 Å². The molecule has 0 saturated carbocycles. The zero-order valence-electron chi connectivity index (χ0n) is 19.8. The third kappa shape index (κ3) is 5.63. The number of ether oxygens (including phenoxy) is 2. The fourth-order valence-corrected chi connectivity index (χ4v) is 4.76. The number of nitrogens with zero attached hydrogens (tertiary/aromatic N) is 1. The maximum Gasteiger partial charge on any atom is 0.312 e. The van der Waals surface area contributed by atoms with E-state index in [4.69, 9.17) is 9.47 Å². The summed E-state index contributed by atoms with van der Waals surface area (Å²) < 4.78 is 12.5. The molecule has 0 saturated heterocycles. The van der Waals surface area contributed by atoms with Gasteiger partial charge < -0.3 is 14.8 Å². The molecule has 0 spiro atoms. The van der Waals surface area contributed by atoms with Crippen LogP contribution >= 0.6 is 11.3 Å². The Balaban J connectivity index is 1.49. The highest BCUT2D eigenvalue weighted by Crippen LogP contribution is 2.35. The first kappa shape index (κ1) is 24.3. The molecule has 4 rings (SSSR count). The molecule has 0 bridgehead atoms. The van der Waals surface area contributed by atoms with Crippen molar-refractivity contribution in [3.8, 4) is 28.4 Å². The maximum atomic E-state index is 12.8. The van der Waals surface area contributed by atoms with E-state index in [2.05, 4.69) is 17.4 Å². The number of amides is 1. The SMILES string of the molecule is COc1cccc(-n2c(-c3cccc(C(=O)NCCCCc4ccccc4)c3)csc2=O)c1OC. The number of carbonyl (C=O) groups is 1. The van der Waals surface area contributed by atoms with Crippen LogP contribution in [0.5, 0.6) is 11.5 Å². The third-order valence-electron chi connectivity index (χ3n) is 5.76. The summed E-state index contributed by atoms with van der Waals surface area (Å²) >= 11 is 1.10. The summed E-state index contributed by atoms with van der Waals surface area (Å²) in [4.78, 5) is 25.5. The second-order valence-electron chi connectivity index (χ2n) is 8.01. The Labute approximate surface area is 208 Å².